The lowest BCUT2D eigenvalue weighted by molar-refractivity contribution is -0.310. The first-order valence-electron chi connectivity index (χ1n) is 26.0. The SMILES string of the molecule is Brc1cccc(Br)n1.CN(C(=O)OC(C)(C)C)C1CCc2c(c3ccc(Br)nc3n2C)C1.CN(N)c1cccc(Br)n1.CNC1CCC2(CC1)OCC(C)(C)CO2.CNC1CCc2c(c3ccc(Br)nc3n2C)C1.NCN. The smallest absolute Gasteiger partial charge is 0.410 e. The largest absolute Gasteiger partial charge is 0.444 e. The summed E-state index contributed by atoms with van der Waals surface area (Å²) in [6, 6.07) is 21.0. The molecule has 2 atom stereocenters. The van der Waals surface area contributed by atoms with Crippen molar-refractivity contribution in [3.05, 3.63) is 106 Å². The van der Waals surface area contributed by atoms with E-state index in [1.165, 1.54) is 44.7 Å². The first kappa shape index (κ1) is 64.7. The topological polar surface area (TPSA) is 215 Å². The molecular formula is C55H80Br5N13O4. The molecule has 1 saturated carbocycles. The molecule has 22 heteroatoms. The second-order valence-electron chi connectivity index (χ2n) is 21.4. The summed E-state index contributed by atoms with van der Waals surface area (Å²) < 4.78 is 26.1. The van der Waals surface area contributed by atoms with Crippen LogP contribution >= 0.6 is 79.6 Å². The summed E-state index contributed by atoms with van der Waals surface area (Å²) in [6.45, 7) is 12.0. The molecule has 424 valence electrons. The van der Waals surface area contributed by atoms with Crippen molar-refractivity contribution in [1.82, 2.24) is 44.6 Å². The molecule has 3 aliphatic carbocycles. The molecule has 6 aromatic heterocycles. The molecule has 1 saturated heterocycles. The molecule has 0 bridgehead atoms. The van der Waals surface area contributed by atoms with E-state index in [0.29, 0.717) is 12.1 Å². The van der Waals surface area contributed by atoms with E-state index in [2.05, 4.69) is 178 Å². The molecule has 1 amide bonds. The number of hydrogen-bond donors (Lipinski definition) is 5. The minimum Gasteiger partial charge on any atom is -0.444 e. The van der Waals surface area contributed by atoms with E-state index >= 15 is 0 Å². The molecule has 7 heterocycles. The number of pyridine rings is 4. The van der Waals surface area contributed by atoms with Crippen LogP contribution in [-0.2, 0) is 54.0 Å². The van der Waals surface area contributed by atoms with Crippen molar-refractivity contribution < 1.29 is 19.0 Å². The molecule has 6 aromatic rings. The van der Waals surface area contributed by atoms with Crippen LogP contribution in [0.2, 0.25) is 0 Å². The van der Waals surface area contributed by atoms with Crippen LogP contribution < -0.4 is 33.0 Å². The second-order valence-corrected chi connectivity index (χ2v) is 25.4. The number of hydrazine groups is 1. The first-order valence-corrected chi connectivity index (χ1v) is 29.9. The Morgan fingerprint density at radius 3 is 1.58 bits per heavy atom. The van der Waals surface area contributed by atoms with Gasteiger partial charge in [0.05, 0.1) is 13.2 Å². The third kappa shape index (κ3) is 18.7. The molecule has 1 aliphatic heterocycles. The normalized spacial score (nSPS) is 18.2. The molecule has 4 aliphatic rings. The van der Waals surface area contributed by atoms with Gasteiger partial charge in [0.2, 0.25) is 0 Å². The van der Waals surface area contributed by atoms with Gasteiger partial charge < -0.3 is 50.3 Å². The molecular weight excluding hydrogens is 1310 g/mol. The predicted octanol–water partition coefficient (Wildman–Crippen LogP) is 11.0. The van der Waals surface area contributed by atoms with Gasteiger partial charge in [-0.2, -0.15) is 0 Å². The number of nitrogens with two attached hydrogens (primary N) is 3. The van der Waals surface area contributed by atoms with Crippen molar-refractivity contribution in [2.75, 3.05) is 53.1 Å². The zero-order valence-electron chi connectivity index (χ0n) is 46.5. The summed E-state index contributed by atoms with van der Waals surface area (Å²) in [5.41, 5.74) is 16.6. The highest BCUT2D eigenvalue weighted by atomic mass is 79.9. The fourth-order valence-corrected chi connectivity index (χ4v) is 11.5. The van der Waals surface area contributed by atoms with Crippen molar-refractivity contribution in [3.63, 3.8) is 0 Å². The van der Waals surface area contributed by atoms with Gasteiger partial charge in [-0.3, -0.25) is 5.01 Å². The number of fused-ring (bicyclic) bond motifs is 6. The Hall–Kier alpha value is -3.13. The van der Waals surface area contributed by atoms with Gasteiger partial charge in [-0.05, 0) is 226 Å². The zero-order valence-corrected chi connectivity index (χ0v) is 54.5. The van der Waals surface area contributed by atoms with E-state index in [0.717, 1.165) is 111 Å². The highest BCUT2D eigenvalue weighted by molar-refractivity contribution is 9.11. The Balaban J connectivity index is 0.000000183. The molecule has 10 rings (SSSR count). The number of ether oxygens (including phenoxy) is 3. The number of halogens is 5. The lowest BCUT2D eigenvalue weighted by Gasteiger charge is -2.46. The molecule has 0 radical (unpaired) electrons. The highest BCUT2D eigenvalue weighted by Gasteiger charge is 2.43. The molecule has 1 spiro atoms. The van der Waals surface area contributed by atoms with E-state index in [1.807, 2.05) is 83.4 Å². The number of nitrogens with zero attached hydrogens (tertiary/aromatic N) is 8. The van der Waals surface area contributed by atoms with E-state index < -0.39 is 5.60 Å². The van der Waals surface area contributed by atoms with Crippen molar-refractivity contribution in [2.45, 2.75) is 128 Å². The Labute approximate surface area is 497 Å². The molecule has 2 unspecified atom stereocenters. The van der Waals surface area contributed by atoms with Gasteiger partial charge in [0.15, 0.2) is 5.79 Å². The first-order chi connectivity index (χ1) is 36.3. The van der Waals surface area contributed by atoms with Crippen molar-refractivity contribution >= 4 is 114 Å². The Morgan fingerprint density at radius 1 is 0.701 bits per heavy atom. The van der Waals surface area contributed by atoms with E-state index in [-0.39, 0.29) is 30.0 Å². The fourth-order valence-electron chi connectivity index (χ4n) is 9.61. The lowest BCUT2D eigenvalue weighted by atomic mass is 9.87. The van der Waals surface area contributed by atoms with E-state index in [1.54, 1.807) is 11.9 Å². The maximum absolute atomic E-state index is 12.4. The minimum atomic E-state index is -0.471. The van der Waals surface area contributed by atoms with Gasteiger partial charge in [-0.15, -0.1) is 0 Å². The van der Waals surface area contributed by atoms with Crippen LogP contribution in [0.1, 0.15) is 95.7 Å². The second kappa shape index (κ2) is 29.5. The predicted molar refractivity (Wildman–Crippen MR) is 329 cm³/mol. The molecule has 8 N–H and O–H groups in total. The zero-order chi connectivity index (χ0) is 56.8. The number of rotatable bonds is 4. The minimum absolute atomic E-state index is 0.154. The molecule has 2 fully saturated rings. The number of amides is 1. The summed E-state index contributed by atoms with van der Waals surface area (Å²) in [5, 5.41) is 10.7. The van der Waals surface area contributed by atoms with Crippen LogP contribution in [0.15, 0.2) is 83.7 Å². The third-order valence-corrected chi connectivity index (χ3v) is 16.0. The molecule has 0 aromatic carbocycles. The highest BCUT2D eigenvalue weighted by Crippen LogP contribution is 2.39. The number of likely N-dealkylation sites (N-methyl/N-ethyl adjacent to an activating group) is 2. The van der Waals surface area contributed by atoms with Gasteiger partial charge in [0.25, 0.3) is 0 Å². The van der Waals surface area contributed by atoms with Gasteiger partial charge in [0, 0.05) is 93.4 Å². The summed E-state index contributed by atoms with van der Waals surface area (Å²) in [4.78, 5) is 31.4. The summed E-state index contributed by atoms with van der Waals surface area (Å²) in [7, 11) is 11.9. The maximum atomic E-state index is 12.4. The van der Waals surface area contributed by atoms with Gasteiger partial charge in [0.1, 0.15) is 45.7 Å². The van der Waals surface area contributed by atoms with Crippen LogP contribution in [-0.4, -0.2) is 118 Å². The van der Waals surface area contributed by atoms with Crippen LogP contribution in [0.4, 0.5) is 10.6 Å². The van der Waals surface area contributed by atoms with Gasteiger partial charge in [-0.1, -0.05) is 26.0 Å². The maximum Gasteiger partial charge on any atom is 0.410 e. The number of anilines is 1. The number of carbonyl (C=O) groups excluding carboxylic acids is 1. The average Bonchev–Trinajstić information content (AvgIpc) is 3.82. The number of hydrogen-bond acceptors (Lipinski definition) is 14. The van der Waals surface area contributed by atoms with Crippen molar-refractivity contribution in [3.8, 4) is 0 Å². The standard InChI is InChI=1S/C18H24BrN3O2.C13H16BrN3.C12H23NO2.C6H8BrN3.C5H3Br2N.CH6N2/c1-18(2,3)24-17(23)21(4)11-6-8-14-13(10-11)12-7-9-15(19)20-16(12)22(14)5;1-15-8-3-5-11-10(7-8)9-4-6-12(14)16-13(9)17(11)2;1-11(2)8-14-12(15-9-11)6-4-10(13-3)5-7-12;1-10(8)6-4-2-3-5(7)9-6;6-4-2-1-3-5(7)8-4;2-1-3/h7,9,11H,6,8,10H2,1-5H3;4,6,8,15H,3,5,7H2,1-2H3;10,13H,4-9H2,1-3H3;2-4H,8H2,1H3;1-3H;1-3H2. The monoisotopic (exact) mass is 1380 g/mol. The molecule has 77 heavy (non-hydrogen) atoms. The van der Waals surface area contributed by atoms with Crippen LogP contribution in [0, 0.1) is 5.41 Å². The number of aromatic nitrogens is 6. The number of aryl methyl sites for hydroxylation is 2. The van der Waals surface area contributed by atoms with E-state index in [9.17, 15) is 4.79 Å². The van der Waals surface area contributed by atoms with Crippen LogP contribution in [0.25, 0.3) is 22.1 Å². The summed E-state index contributed by atoms with van der Waals surface area (Å²) in [6.07, 6.45) is 10.3. The lowest BCUT2D eigenvalue weighted by Crippen LogP contribution is -2.51. The number of nitrogens with one attached hydrogen (secondary N) is 2. The van der Waals surface area contributed by atoms with Crippen LogP contribution in [0.5, 0.6) is 0 Å². The van der Waals surface area contributed by atoms with Crippen molar-refractivity contribution in [2.24, 2.45) is 36.8 Å². The Morgan fingerprint density at radius 2 is 1.16 bits per heavy atom. The Kier molecular flexibility index (Phi) is 24.8. The quantitative estimate of drug-likeness (QED) is 0.0481. The van der Waals surface area contributed by atoms with E-state index in [4.69, 9.17) is 20.1 Å². The average molecular weight is 1390 g/mol. The van der Waals surface area contributed by atoms with Gasteiger partial charge >= 0.3 is 6.09 Å². The summed E-state index contributed by atoms with van der Waals surface area (Å²) in [5.74, 6) is 5.93. The summed E-state index contributed by atoms with van der Waals surface area (Å²) >= 11 is 16.6. The fraction of sp³-hybridized carbons (Fsp3) is 0.545. The van der Waals surface area contributed by atoms with Crippen molar-refractivity contribution in [1.29, 1.82) is 0 Å². The Bertz CT molecular complexity index is 2820. The van der Waals surface area contributed by atoms with Crippen LogP contribution in [0.3, 0.4) is 0 Å². The number of carbonyl (C=O) groups is 1. The third-order valence-electron chi connectivity index (χ3n) is 13.8. The van der Waals surface area contributed by atoms with Gasteiger partial charge in [-0.25, -0.2) is 30.6 Å². The molecule has 17 nitrogen and oxygen atoms in total.